The molecule has 13 aromatic carbocycles. The molecular weight excluding hydrogens is 1170 g/mol. The van der Waals surface area contributed by atoms with E-state index in [1.165, 1.54) is 61.9 Å². The van der Waals surface area contributed by atoms with Gasteiger partial charge in [0.1, 0.15) is 23.3 Å². The van der Waals surface area contributed by atoms with Crippen molar-refractivity contribution < 1.29 is 0 Å². The van der Waals surface area contributed by atoms with Crippen molar-refractivity contribution in [2.24, 2.45) is 0 Å². The van der Waals surface area contributed by atoms with E-state index in [0.717, 1.165) is 112 Å². The maximum Gasteiger partial charge on any atom is 0.104 e. The zero-order valence-electron chi connectivity index (χ0n) is 47.4. The van der Waals surface area contributed by atoms with Gasteiger partial charge in [0.15, 0.2) is 0 Å². The lowest BCUT2D eigenvalue weighted by atomic mass is 9.98. The second-order valence-corrected chi connectivity index (χ2v) is 28.0. The molecule has 0 spiro atoms. The quantitative estimate of drug-likeness (QED) is 0.176. The van der Waals surface area contributed by atoms with Crippen molar-refractivity contribution in [1.29, 1.82) is 10.5 Å². The van der Waals surface area contributed by atoms with Gasteiger partial charge in [-0.05, 0) is 97.1 Å². The van der Waals surface area contributed by atoms with Crippen LogP contribution in [0.25, 0.3) is 191 Å². The molecule has 0 radical (unpaired) electrons. The van der Waals surface area contributed by atoms with E-state index in [1.54, 1.807) is 45.3 Å². The number of thiophene rings is 4. The lowest BCUT2D eigenvalue weighted by Gasteiger charge is -2.27. The largest absolute Gasteiger partial charge is 0.306 e. The molecule has 414 valence electrons. The highest BCUT2D eigenvalue weighted by Crippen LogP contribution is 2.52. The number of para-hydroxylation sites is 4. The molecule has 21 rings (SSSR count). The van der Waals surface area contributed by atoms with E-state index in [9.17, 15) is 10.5 Å². The predicted molar refractivity (Wildman–Crippen MR) is 385 cm³/mol. The van der Waals surface area contributed by atoms with Crippen LogP contribution < -0.4 is 0 Å². The summed E-state index contributed by atoms with van der Waals surface area (Å²) in [6.07, 6.45) is 0. The molecule has 8 aromatic heterocycles. The zero-order valence-corrected chi connectivity index (χ0v) is 50.7. The van der Waals surface area contributed by atoms with Crippen LogP contribution >= 0.6 is 45.3 Å². The minimum atomic E-state index is 0.380. The fraction of sp³-hybridized carbons (Fsp3) is 0. The van der Waals surface area contributed by atoms with Crippen LogP contribution in [0.1, 0.15) is 11.1 Å². The zero-order chi connectivity index (χ0) is 58.8. The normalized spacial score (nSPS) is 12.4. The Balaban J connectivity index is 1.05. The number of benzene rings is 13. The summed E-state index contributed by atoms with van der Waals surface area (Å²) in [5, 5.41) is 44.3. The summed E-state index contributed by atoms with van der Waals surface area (Å²) in [7, 11) is 0. The van der Waals surface area contributed by atoms with Gasteiger partial charge in [0.05, 0.1) is 66.9 Å². The van der Waals surface area contributed by atoms with Crippen LogP contribution in [0.4, 0.5) is 0 Å². The second kappa shape index (κ2) is 17.8. The lowest BCUT2D eigenvalue weighted by Crippen LogP contribution is -2.17. The number of hydrogen-bond donors (Lipinski definition) is 0. The third kappa shape index (κ3) is 6.32. The van der Waals surface area contributed by atoms with Crippen LogP contribution in [0.2, 0.25) is 0 Å². The lowest BCUT2D eigenvalue weighted by molar-refractivity contribution is 1.02. The molecule has 10 heteroatoms. The monoisotopic (exact) mass is 1210 g/mol. The minimum Gasteiger partial charge on any atom is -0.306 e. The summed E-state index contributed by atoms with van der Waals surface area (Å²) < 4.78 is 18.9. The molecule has 0 unspecified atom stereocenters. The second-order valence-electron chi connectivity index (χ2n) is 23.6. The average molecular weight is 1210 g/mol. The molecular formula is C80H40N6S4. The first-order chi connectivity index (χ1) is 44.6. The predicted octanol–water partition coefficient (Wildman–Crippen LogP) is 23.3. The van der Waals surface area contributed by atoms with Crippen molar-refractivity contribution in [3.05, 3.63) is 254 Å². The molecule has 0 saturated heterocycles. The van der Waals surface area contributed by atoms with Gasteiger partial charge in [-0.25, -0.2) is 0 Å². The van der Waals surface area contributed by atoms with Gasteiger partial charge in [0.25, 0.3) is 0 Å². The Morgan fingerprint density at radius 2 is 0.433 bits per heavy atom. The molecule has 8 heterocycles. The Bertz CT molecular complexity index is 6720. The molecule has 0 aliphatic rings. The van der Waals surface area contributed by atoms with Crippen LogP contribution in [0.3, 0.4) is 0 Å². The van der Waals surface area contributed by atoms with Crippen LogP contribution in [0.15, 0.2) is 243 Å². The maximum atomic E-state index is 13.1. The molecule has 0 aliphatic carbocycles. The molecule has 0 saturated carbocycles. The number of fused-ring (bicyclic) bond motifs is 24. The van der Waals surface area contributed by atoms with Crippen LogP contribution in [-0.2, 0) is 0 Å². The van der Waals surface area contributed by atoms with Crippen LogP contribution in [0.5, 0.6) is 0 Å². The van der Waals surface area contributed by atoms with Crippen molar-refractivity contribution in [3.63, 3.8) is 0 Å². The van der Waals surface area contributed by atoms with E-state index in [0.29, 0.717) is 28.2 Å². The topological polar surface area (TPSA) is 67.3 Å². The highest BCUT2D eigenvalue weighted by molar-refractivity contribution is 7.27. The highest BCUT2D eigenvalue weighted by atomic mass is 32.1. The molecule has 0 aliphatic heterocycles. The first-order valence-corrected chi connectivity index (χ1v) is 33.3. The first kappa shape index (κ1) is 49.0. The molecule has 0 N–H and O–H groups in total. The summed E-state index contributed by atoms with van der Waals surface area (Å²) in [5.41, 5.74) is 10.9. The van der Waals surface area contributed by atoms with Gasteiger partial charge >= 0.3 is 0 Å². The number of nitrogens with zero attached hydrogens (tertiary/aromatic N) is 6. The van der Waals surface area contributed by atoms with Crippen molar-refractivity contribution in [2.75, 3.05) is 0 Å². The molecule has 0 atom stereocenters. The summed E-state index contributed by atoms with van der Waals surface area (Å²) in [6.45, 7) is 0. The minimum absolute atomic E-state index is 0.380. The number of hydrogen-bond acceptors (Lipinski definition) is 6. The van der Waals surface area contributed by atoms with Gasteiger partial charge < -0.3 is 18.3 Å². The van der Waals surface area contributed by atoms with Crippen molar-refractivity contribution in [3.8, 4) is 34.9 Å². The summed E-state index contributed by atoms with van der Waals surface area (Å²) in [4.78, 5) is 0. The fourth-order valence-electron chi connectivity index (χ4n) is 15.5. The van der Waals surface area contributed by atoms with Gasteiger partial charge in [-0.15, -0.1) is 45.3 Å². The van der Waals surface area contributed by atoms with Crippen molar-refractivity contribution in [2.45, 2.75) is 0 Å². The van der Waals surface area contributed by atoms with Gasteiger partial charge in [-0.3, -0.25) is 0 Å². The molecule has 0 fully saturated rings. The first-order valence-electron chi connectivity index (χ1n) is 30.0. The molecule has 21 aromatic rings. The molecule has 0 amide bonds. The third-order valence-corrected chi connectivity index (χ3v) is 23.7. The Hall–Kier alpha value is -11.1. The van der Waals surface area contributed by atoms with E-state index >= 15 is 0 Å². The highest BCUT2D eigenvalue weighted by Gasteiger charge is 2.35. The maximum absolute atomic E-state index is 13.1. The van der Waals surface area contributed by atoms with E-state index in [-0.39, 0.29) is 0 Å². The van der Waals surface area contributed by atoms with Gasteiger partial charge in [-0.1, -0.05) is 146 Å². The Morgan fingerprint density at radius 3 is 0.711 bits per heavy atom. The third-order valence-electron chi connectivity index (χ3n) is 19.2. The Morgan fingerprint density at radius 1 is 0.200 bits per heavy atom. The Kier molecular flexibility index (Phi) is 9.69. The number of nitriles is 2. The summed E-state index contributed by atoms with van der Waals surface area (Å²) >= 11 is 7.16. The Labute approximate surface area is 526 Å². The average Bonchev–Trinajstić information content (AvgIpc) is 1.48. The van der Waals surface area contributed by atoms with Gasteiger partial charge in [-0.2, -0.15) is 10.5 Å². The van der Waals surface area contributed by atoms with E-state index in [4.69, 9.17) is 0 Å². The smallest absolute Gasteiger partial charge is 0.104 e. The van der Waals surface area contributed by atoms with E-state index in [1.807, 2.05) is 0 Å². The molecule has 90 heavy (non-hydrogen) atoms. The number of aromatic nitrogens is 4. The van der Waals surface area contributed by atoms with Crippen molar-refractivity contribution >= 4 is 213 Å². The molecule has 6 nitrogen and oxygen atoms in total. The molecule has 0 bridgehead atoms. The SMILES string of the molecule is N#Cc1c(-n2c3ccccc3c3cc4c(cc32)sc2ccccc24)c(C#N)c(-n2c3ccccc3c3cc4c(cc32)sc2ccccc24)c(-n2c3ccccc3c3cc4c(cc32)sc2ccccc24)c1-n1c2ccccc2c2cc3c(cc21)sc1ccccc13. The van der Waals surface area contributed by atoms with E-state index in [2.05, 4.69) is 273 Å². The van der Waals surface area contributed by atoms with Crippen molar-refractivity contribution in [1.82, 2.24) is 18.3 Å². The van der Waals surface area contributed by atoms with Gasteiger partial charge in [0, 0.05) is 124 Å². The standard InChI is InChI=1S/C80H40N6S4/c81-41-59-77(83-61-25-9-1-17-43(61)51-33-55-47-21-5-13-29-69(47)87-73(55)37-65(51)83)60(42-82)79(85-63-27-11-3-19-45(63)53-35-57-49-23-7-15-31-71(49)89-75(57)39-67(53)85)80(86-64-28-12-4-20-46(64)54-36-58-50-24-8-16-32-72(50)90-76(58)40-68(54)86)78(59)84-62-26-10-2-18-44(62)52-34-56-48-22-6-14-30-70(48)88-74(56)38-66(52)84/h1-40H. The summed E-state index contributed by atoms with van der Waals surface area (Å²) in [5.74, 6) is 0. The fourth-order valence-corrected chi connectivity index (χ4v) is 20.0. The van der Waals surface area contributed by atoms with Crippen LogP contribution in [0, 0.1) is 22.7 Å². The van der Waals surface area contributed by atoms with E-state index < -0.39 is 0 Å². The number of rotatable bonds is 4. The van der Waals surface area contributed by atoms with Crippen LogP contribution in [-0.4, -0.2) is 18.3 Å². The summed E-state index contributed by atoms with van der Waals surface area (Å²) in [6, 6.07) is 94.4. The van der Waals surface area contributed by atoms with Gasteiger partial charge in [0.2, 0.25) is 0 Å².